The fourth-order valence-electron chi connectivity index (χ4n) is 3.37. The lowest BCUT2D eigenvalue weighted by Gasteiger charge is -2.18. The molecule has 0 aliphatic rings. The monoisotopic (exact) mass is 336 g/mol. The Labute approximate surface area is 153 Å². The minimum absolute atomic E-state index is 0.603. The fraction of sp³-hybridized carbons (Fsp3) is 0. The molecule has 0 aromatic heterocycles. The minimum Gasteiger partial charge on any atom is -0.397 e. The van der Waals surface area contributed by atoms with E-state index in [0.29, 0.717) is 11.4 Å². The molecule has 4 N–H and O–H groups in total. The van der Waals surface area contributed by atoms with Crippen molar-refractivity contribution in [3.05, 3.63) is 97.1 Å². The van der Waals surface area contributed by atoms with E-state index in [1.807, 2.05) is 30.3 Å². The van der Waals surface area contributed by atoms with E-state index in [1.54, 1.807) is 0 Å². The van der Waals surface area contributed by atoms with Crippen LogP contribution in [0.2, 0.25) is 0 Å². The predicted molar refractivity (Wildman–Crippen MR) is 112 cm³/mol. The minimum atomic E-state index is 0.603. The van der Waals surface area contributed by atoms with Crippen LogP contribution in [0.3, 0.4) is 0 Å². The second kappa shape index (κ2) is 6.77. The van der Waals surface area contributed by atoms with Gasteiger partial charge in [-0.1, -0.05) is 91.0 Å². The predicted octanol–water partition coefficient (Wildman–Crippen LogP) is 5.85. The molecule has 4 aromatic rings. The molecule has 126 valence electrons. The van der Waals surface area contributed by atoms with Crippen LogP contribution in [0.25, 0.3) is 33.4 Å². The highest BCUT2D eigenvalue weighted by atomic mass is 14.7. The molecule has 4 aromatic carbocycles. The molecule has 26 heavy (non-hydrogen) atoms. The van der Waals surface area contributed by atoms with Gasteiger partial charge in [0.25, 0.3) is 0 Å². The number of nitrogen functional groups attached to an aromatic ring is 2. The highest BCUT2D eigenvalue weighted by Crippen LogP contribution is 2.42. The highest BCUT2D eigenvalue weighted by molar-refractivity contribution is 5.98. The Kier molecular flexibility index (Phi) is 4.16. The van der Waals surface area contributed by atoms with Crippen molar-refractivity contribution < 1.29 is 0 Å². The molecule has 2 nitrogen and oxygen atoms in total. The Morgan fingerprint density at radius 1 is 0.423 bits per heavy atom. The first-order valence-corrected chi connectivity index (χ1v) is 8.64. The number of benzene rings is 4. The Hall–Kier alpha value is -3.52. The molecular formula is C24H20N2. The van der Waals surface area contributed by atoms with Gasteiger partial charge >= 0.3 is 0 Å². The van der Waals surface area contributed by atoms with E-state index in [2.05, 4.69) is 66.7 Å². The number of hydrogen-bond donors (Lipinski definition) is 2. The van der Waals surface area contributed by atoms with Gasteiger partial charge in [-0.3, -0.25) is 0 Å². The summed E-state index contributed by atoms with van der Waals surface area (Å²) in [5.41, 5.74) is 20.3. The first-order chi connectivity index (χ1) is 12.8. The molecule has 2 heteroatoms. The van der Waals surface area contributed by atoms with Gasteiger partial charge in [-0.2, -0.15) is 0 Å². The summed E-state index contributed by atoms with van der Waals surface area (Å²) in [5.74, 6) is 0. The van der Waals surface area contributed by atoms with Crippen molar-refractivity contribution in [2.75, 3.05) is 11.5 Å². The van der Waals surface area contributed by atoms with Crippen LogP contribution in [0, 0.1) is 0 Å². The Morgan fingerprint density at radius 3 is 1.65 bits per heavy atom. The van der Waals surface area contributed by atoms with Crippen LogP contribution in [0.15, 0.2) is 97.1 Å². The molecule has 0 atom stereocenters. The van der Waals surface area contributed by atoms with Gasteiger partial charge in [0.1, 0.15) is 0 Å². The van der Waals surface area contributed by atoms with E-state index < -0.39 is 0 Å². The van der Waals surface area contributed by atoms with Gasteiger partial charge in [0, 0.05) is 5.56 Å². The number of anilines is 2. The molecule has 0 fully saturated rings. The van der Waals surface area contributed by atoms with Crippen molar-refractivity contribution in [3.8, 4) is 33.4 Å². The third kappa shape index (κ3) is 2.82. The summed E-state index contributed by atoms with van der Waals surface area (Å²) in [4.78, 5) is 0. The van der Waals surface area contributed by atoms with Crippen LogP contribution < -0.4 is 11.5 Å². The maximum atomic E-state index is 6.33. The summed E-state index contributed by atoms with van der Waals surface area (Å²) in [6.45, 7) is 0. The van der Waals surface area contributed by atoms with E-state index in [9.17, 15) is 0 Å². The largest absolute Gasteiger partial charge is 0.397 e. The average molecular weight is 336 g/mol. The summed E-state index contributed by atoms with van der Waals surface area (Å²) >= 11 is 0. The molecule has 0 heterocycles. The summed E-state index contributed by atoms with van der Waals surface area (Å²) in [6, 6.07) is 33.0. The maximum absolute atomic E-state index is 6.33. The lowest BCUT2D eigenvalue weighted by atomic mass is 9.87. The topological polar surface area (TPSA) is 52.0 Å². The second-order valence-corrected chi connectivity index (χ2v) is 6.27. The zero-order valence-electron chi connectivity index (χ0n) is 14.4. The third-order valence-corrected chi connectivity index (χ3v) is 4.64. The fourth-order valence-corrected chi connectivity index (χ4v) is 3.37. The maximum Gasteiger partial charge on any atom is 0.0627 e. The molecule has 4 rings (SSSR count). The van der Waals surface area contributed by atoms with Crippen molar-refractivity contribution >= 4 is 11.4 Å². The number of para-hydroxylation sites is 1. The molecular weight excluding hydrogens is 316 g/mol. The quantitative estimate of drug-likeness (QED) is 0.461. The second-order valence-electron chi connectivity index (χ2n) is 6.27. The molecule has 0 aliphatic carbocycles. The van der Waals surface area contributed by atoms with Crippen molar-refractivity contribution in [2.24, 2.45) is 0 Å². The van der Waals surface area contributed by atoms with Crippen LogP contribution >= 0.6 is 0 Å². The molecule has 0 amide bonds. The van der Waals surface area contributed by atoms with Crippen LogP contribution in [-0.4, -0.2) is 0 Å². The van der Waals surface area contributed by atoms with Gasteiger partial charge < -0.3 is 11.5 Å². The molecule has 0 saturated carbocycles. The molecule has 0 bridgehead atoms. The zero-order valence-corrected chi connectivity index (χ0v) is 14.4. The molecule has 0 aliphatic heterocycles. The first kappa shape index (κ1) is 16.0. The molecule has 0 saturated heterocycles. The van der Waals surface area contributed by atoms with E-state index in [4.69, 9.17) is 11.5 Å². The van der Waals surface area contributed by atoms with Crippen molar-refractivity contribution in [3.63, 3.8) is 0 Å². The smallest absolute Gasteiger partial charge is 0.0627 e. The Morgan fingerprint density at radius 2 is 0.962 bits per heavy atom. The molecule has 0 spiro atoms. The van der Waals surface area contributed by atoms with Crippen LogP contribution in [0.5, 0.6) is 0 Å². The Bertz CT molecular complexity index is 1040. The Balaban J connectivity index is 2.06. The highest BCUT2D eigenvalue weighted by Gasteiger charge is 2.15. The average Bonchev–Trinajstić information content (AvgIpc) is 2.71. The standard InChI is InChI=1S/C24H20N2/c25-22-16-8-15-21(24(22)26)20-14-7-13-19(17-9-3-1-4-10-17)23(20)18-11-5-2-6-12-18/h1-16H,25-26H2. The van der Waals surface area contributed by atoms with E-state index >= 15 is 0 Å². The summed E-state index contributed by atoms with van der Waals surface area (Å²) in [6.07, 6.45) is 0. The third-order valence-electron chi connectivity index (χ3n) is 4.64. The number of rotatable bonds is 3. The molecule has 0 unspecified atom stereocenters. The van der Waals surface area contributed by atoms with Crippen LogP contribution in [-0.2, 0) is 0 Å². The van der Waals surface area contributed by atoms with E-state index in [1.165, 1.54) is 11.1 Å². The van der Waals surface area contributed by atoms with E-state index in [-0.39, 0.29) is 0 Å². The normalized spacial score (nSPS) is 10.6. The van der Waals surface area contributed by atoms with Crippen molar-refractivity contribution in [1.29, 1.82) is 0 Å². The lowest BCUT2D eigenvalue weighted by Crippen LogP contribution is -1.98. The SMILES string of the molecule is Nc1cccc(-c2cccc(-c3ccccc3)c2-c2ccccc2)c1N. The lowest BCUT2D eigenvalue weighted by molar-refractivity contribution is 1.55. The number of hydrogen-bond acceptors (Lipinski definition) is 2. The summed E-state index contributed by atoms with van der Waals surface area (Å²) < 4.78 is 0. The van der Waals surface area contributed by atoms with Crippen LogP contribution in [0.1, 0.15) is 0 Å². The van der Waals surface area contributed by atoms with E-state index in [0.717, 1.165) is 22.3 Å². The number of nitrogens with two attached hydrogens (primary N) is 2. The first-order valence-electron chi connectivity index (χ1n) is 8.64. The van der Waals surface area contributed by atoms with Gasteiger partial charge in [0.15, 0.2) is 0 Å². The molecule has 0 radical (unpaired) electrons. The summed E-state index contributed by atoms with van der Waals surface area (Å²) in [7, 11) is 0. The summed E-state index contributed by atoms with van der Waals surface area (Å²) in [5, 5.41) is 0. The van der Waals surface area contributed by atoms with Crippen molar-refractivity contribution in [2.45, 2.75) is 0 Å². The van der Waals surface area contributed by atoms with Crippen LogP contribution in [0.4, 0.5) is 11.4 Å². The van der Waals surface area contributed by atoms with Gasteiger partial charge in [-0.25, -0.2) is 0 Å². The van der Waals surface area contributed by atoms with Crippen molar-refractivity contribution in [1.82, 2.24) is 0 Å². The zero-order chi connectivity index (χ0) is 17.9. The van der Waals surface area contributed by atoms with Gasteiger partial charge in [0.2, 0.25) is 0 Å². The van der Waals surface area contributed by atoms with Gasteiger partial charge in [-0.05, 0) is 33.9 Å². The van der Waals surface area contributed by atoms with Gasteiger partial charge in [-0.15, -0.1) is 0 Å². The van der Waals surface area contributed by atoms with Gasteiger partial charge in [0.05, 0.1) is 11.4 Å².